The molecule has 0 spiro atoms. The predicted molar refractivity (Wildman–Crippen MR) is 119 cm³/mol. The lowest BCUT2D eigenvalue weighted by atomic mass is 10.1. The Labute approximate surface area is 180 Å². The summed E-state index contributed by atoms with van der Waals surface area (Å²) >= 11 is 1.45. The summed E-state index contributed by atoms with van der Waals surface area (Å²) in [6, 6.07) is 21.6. The molecular weight excluding hydrogens is 398 g/mol. The van der Waals surface area contributed by atoms with Crippen LogP contribution >= 0.6 is 11.8 Å². The van der Waals surface area contributed by atoms with Crippen molar-refractivity contribution in [3.8, 4) is 5.75 Å². The van der Waals surface area contributed by atoms with Crippen LogP contribution in [0.25, 0.3) is 0 Å². The summed E-state index contributed by atoms with van der Waals surface area (Å²) in [6.07, 6.45) is 0.774. The van der Waals surface area contributed by atoms with Gasteiger partial charge in [0.15, 0.2) is 0 Å². The van der Waals surface area contributed by atoms with E-state index < -0.39 is 18.0 Å². The molecule has 0 saturated carbocycles. The van der Waals surface area contributed by atoms with Crippen molar-refractivity contribution < 1.29 is 19.1 Å². The molecule has 0 aliphatic carbocycles. The lowest BCUT2D eigenvalue weighted by Gasteiger charge is -2.20. The van der Waals surface area contributed by atoms with Crippen molar-refractivity contribution in [2.24, 2.45) is 0 Å². The van der Waals surface area contributed by atoms with Gasteiger partial charge >= 0.3 is 5.97 Å². The monoisotopic (exact) mass is 421 g/mol. The van der Waals surface area contributed by atoms with Gasteiger partial charge in [-0.05, 0) is 43.0 Å². The van der Waals surface area contributed by atoms with Gasteiger partial charge in [0.2, 0.25) is 6.10 Å². The lowest BCUT2D eigenvalue weighted by Crippen LogP contribution is -2.26. The SMILES string of the molecule is COc1ccc(C)cc1NC(=O)C(OC(=O)c1ccccc1SC)c1ccccc1. The number of anilines is 1. The van der Waals surface area contributed by atoms with E-state index in [0.29, 0.717) is 22.6 Å². The van der Waals surface area contributed by atoms with Crippen LogP contribution in [-0.2, 0) is 9.53 Å². The van der Waals surface area contributed by atoms with Gasteiger partial charge in [-0.2, -0.15) is 0 Å². The van der Waals surface area contributed by atoms with E-state index in [4.69, 9.17) is 9.47 Å². The van der Waals surface area contributed by atoms with Crippen molar-refractivity contribution in [2.75, 3.05) is 18.7 Å². The highest BCUT2D eigenvalue weighted by Gasteiger charge is 2.27. The molecule has 154 valence electrons. The minimum Gasteiger partial charge on any atom is -0.495 e. The number of hydrogen-bond acceptors (Lipinski definition) is 5. The Balaban J connectivity index is 1.91. The fourth-order valence-electron chi connectivity index (χ4n) is 3.00. The maximum absolute atomic E-state index is 13.2. The van der Waals surface area contributed by atoms with E-state index >= 15 is 0 Å². The maximum Gasteiger partial charge on any atom is 0.340 e. The molecule has 0 aliphatic rings. The number of methoxy groups -OCH3 is 1. The van der Waals surface area contributed by atoms with E-state index in [1.54, 1.807) is 42.5 Å². The van der Waals surface area contributed by atoms with Crippen LogP contribution in [0.5, 0.6) is 5.75 Å². The van der Waals surface area contributed by atoms with Crippen LogP contribution < -0.4 is 10.1 Å². The fraction of sp³-hybridized carbons (Fsp3) is 0.167. The Morgan fingerprint density at radius 2 is 1.67 bits per heavy atom. The average Bonchev–Trinajstić information content (AvgIpc) is 2.78. The van der Waals surface area contributed by atoms with Crippen LogP contribution in [-0.4, -0.2) is 25.2 Å². The Morgan fingerprint density at radius 3 is 2.37 bits per heavy atom. The summed E-state index contributed by atoms with van der Waals surface area (Å²) in [4.78, 5) is 26.9. The summed E-state index contributed by atoms with van der Waals surface area (Å²) in [7, 11) is 1.54. The third-order valence-electron chi connectivity index (χ3n) is 4.51. The number of carbonyl (C=O) groups excluding carboxylic acids is 2. The van der Waals surface area contributed by atoms with Gasteiger partial charge in [0.25, 0.3) is 5.91 Å². The van der Waals surface area contributed by atoms with Crippen molar-refractivity contribution in [1.29, 1.82) is 0 Å². The van der Waals surface area contributed by atoms with Gasteiger partial charge in [0, 0.05) is 10.5 Å². The van der Waals surface area contributed by atoms with E-state index in [-0.39, 0.29) is 0 Å². The van der Waals surface area contributed by atoms with Crippen molar-refractivity contribution in [1.82, 2.24) is 0 Å². The second-order valence-electron chi connectivity index (χ2n) is 6.59. The fourth-order valence-corrected chi connectivity index (χ4v) is 3.59. The molecule has 0 bridgehead atoms. The zero-order chi connectivity index (χ0) is 21.5. The maximum atomic E-state index is 13.2. The highest BCUT2D eigenvalue weighted by Crippen LogP contribution is 2.29. The van der Waals surface area contributed by atoms with Crippen molar-refractivity contribution in [2.45, 2.75) is 17.9 Å². The van der Waals surface area contributed by atoms with Crippen LogP contribution in [0.4, 0.5) is 5.69 Å². The first-order valence-corrected chi connectivity index (χ1v) is 10.6. The van der Waals surface area contributed by atoms with E-state index in [9.17, 15) is 9.59 Å². The molecule has 30 heavy (non-hydrogen) atoms. The molecule has 1 N–H and O–H groups in total. The van der Waals surface area contributed by atoms with Gasteiger partial charge in [-0.25, -0.2) is 4.79 Å². The number of esters is 1. The number of hydrogen-bond donors (Lipinski definition) is 1. The summed E-state index contributed by atoms with van der Waals surface area (Å²) in [5.74, 6) is -0.486. The number of amides is 1. The number of benzene rings is 3. The average molecular weight is 422 g/mol. The highest BCUT2D eigenvalue weighted by molar-refractivity contribution is 7.98. The van der Waals surface area contributed by atoms with Gasteiger partial charge < -0.3 is 14.8 Å². The Morgan fingerprint density at radius 1 is 0.967 bits per heavy atom. The largest absolute Gasteiger partial charge is 0.495 e. The normalized spacial score (nSPS) is 11.4. The van der Waals surface area contributed by atoms with E-state index in [0.717, 1.165) is 10.5 Å². The number of aryl methyl sites for hydroxylation is 1. The second-order valence-corrected chi connectivity index (χ2v) is 7.44. The quantitative estimate of drug-likeness (QED) is 0.416. The van der Waals surface area contributed by atoms with E-state index in [1.165, 1.54) is 18.9 Å². The predicted octanol–water partition coefficient (Wildman–Crippen LogP) is 5.26. The minimum atomic E-state index is -1.11. The summed E-state index contributed by atoms with van der Waals surface area (Å²) < 4.78 is 11.0. The van der Waals surface area contributed by atoms with Gasteiger partial charge in [0.05, 0.1) is 18.4 Å². The van der Waals surface area contributed by atoms with Gasteiger partial charge in [0.1, 0.15) is 5.75 Å². The molecule has 3 aromatic carbocycles. The number of thioether (sulfide) groups is 1. The van der Waals surface area contributed by atoms with Crippen LogP contribution in [0.15, 0.2) is 77.7 Å². The molecule has 0 fully saturated rings. The molecular formula is C24H23NO4S. The zero-order valence-electron chi connectivity index (χ0n) is 17.0. The number of rotatable bonds is 7. The molecule has 0 radical (unpaired) electrons. The summed E-state index contributed by atoms with van der Waals surface area (Å²) in [5, 5.41) is 2.84. The number of carbonyl (C=O) groups is 2. The Bertz CT molecular complexity index is 1040. The molecule has 0 heterocycles. The molecule has 0 saturated heterocycles. The number of nitrogens with one attached hydrogen (secondary N) is 1. The molecule has 3 aromatic rings. The molecule has 0 aliphatic heterocycles. The first-order valence-electron chi connectivity index (χ1n) is 9.38. The first-order chi connectivity index (χ1) is 14.5. The van der Waals surface area contributed by atoms with Crippen LogP contribution in [0.3, 0.4) is 0 Å². The molecule has 1 amide bonds. The second kappa shape index (κ2) is 9.98. The van der Waals surface area contributed by atoms with Gasteiger partial charge in [-0.15, -0.1) is 11.8 Å². The smallest absolute Gasteiger partial charge is 0.340 e. The molecule has 0 aromatic heterocycles. The number of ether oxygens (including phenoxy) is 2. The highest BCUT2D eigenvalue weighted by atomic mass is 32.2. The van der Waals surface area contributed by atoms with Crippen LogP contribution in [0.2, 0.25) is 0 Å². The standard InChI is InChI=1S/C24H23NO4S/c1-16-13-14-20(28-2)19(15-16)25-23(26)22(17-9-5-4-6-10-17)29-24(27)18-11-7-8-12-21(18)30-3/h4-15,22H,1-3H3,(H,25,26). The zero-order valence-corrected chi connectivity index (χ0v) is 17.9. The van der Waals surface area contributed by atoms with Crippen LogP contribution in [0, 0.1) is 6.92 Å². The van der Waals surface area contributed by atoms with Crippen molar-refractivity contribution in [3.63, 3.8) is 0 Å². The summed E-state index contributed by atoms with van der Waals surface area (Å²) in [6.45, 7) is 1.92. The van der Waals surface area contributed by atoms with Crippen molar-refractivity contribution in [3.05, 3.63) is 89.5 Å². The molecule has 1 atom stereocenters. The first kappa shape index (κ1) is 21.5. The van der Waals surface area contributed by atoms with Gasteiger partial charge in [-0.3, -0.25) is 4.79 Å². The topological polar surface area (TPSA) is 64.6 Å². The summed E-state index contributed by atoms with van der Waals surface area (Å²) in [5.41, 5.74) is 2.49. The lowest BCUT2D eigenvalue weighted by molar-refractivity contribution is -0.125. The van der Waals surface area contributed by atoms with E-state index in [2.05, 4.69) is 5.32 Å². The molecule has 5 nitrogen and oxygen atoms in total. The molecule has 1 unspecified atom stereocenters. The van der Waals surface area contributed by atoms with Crippen molar-refractivity contribution >= 4 is 29.3 Å². The minimum absolute atomic E-state index is 0.423. The van der Waals surface area contributed by atoms with E-state index in [1.807, 2.05) is 43.5 Å². The van der Waals surface area contributed by atoms with Gasteiger partial charge in [-0.1, -0.05) is 48.5 Å². The van der Waals surface area contributed by atoms with Crippen LogP contribution in [0.1, 0.15) is 27.6 Å². The third kappa shape index (κ3) is 5.02. The molecule has 3 rings (SSSR count). The molecule has 6 heteroatoms. The Kier molecular flexibility index (Phi) is 7.14. The third-order valence-corrected chi connectivity index (χ3v) is 5.30. The Hall–Kier alpha value is -3.25.